The van der Waals surface area contributed by atoms with E-state index in [1.54, 1.807) is 0 Å². The van der Waals surface area contributed by atoms with E-state index in [9.17, 15) is 4.79 Å². The van der Waals surface area contributed by atoms with E-state index < -0.39 is 11.7 Å². The molecule has 2 aromatic rings. The molecule has 6 heteroatoms. The van der Waals surface area contributed by atoms with Gasteiger partial charge in [-0.05, 0) is 66.0 Å². The normalized spacial score (nSPS) is 11.1. The largest absolute Gasteiger partial charge is 0.444 e. The van der Waals surface area contributed by atoms with Crippen molar-refractivity contribution in [2.75, 3.05) is 5.32 Å². The van der Waals surface area contributed by atoms with Crippen LogP contribution in [0.3, 0.4) is 0 Å². The molecule has 134 valence electrons. The zero-order valence-corrected chi connectivity index (χ0v) is 16.9. The number of carbonyl (C=O) groups is 1. The van der Waals surface area contributed by atoms with E-state index in [1.165, 1.54) is 0 Å². The maximum atomic E-state index is 11.8. The van der Waals surface area contributed by atoms with Gasteiger partial charge in [0, 0.05) is 23.2 Å². The average molecular weight is 426 g/mol. The van der Waals surface area contributed by atoms with Crippen LogP contribution in [-0.2, 0) is 17.8 Å². The number of alkyl carbamates (subject to hydrolysis) is 1. The van der Waals surface area contributed by atoms with Crippen LogP contribution >= 0.6 is 27.5 Å². The molecular weight excluding hydrogens is 404 g/mol. The molecule has 2 rings (SSSR count). The molecule has 0 spiro atoms. The third-order valence-corrected chi connectivity index (χ3v) is 4.52. The number of rotatable bonds is 5. The predicted molar refractivity (Wildman–Crippen MR) is 106 cm³/mol. The number of benzene rings is 2. The molecule has 0 saturated heterocycles. The second-order valence-corrected chi connectivity index (χ2v) is 7.88. The zero-order chi connectivity index (χ0) is 18.4. The van der Waals surface area contributed by atoms with Gasteiger partial charge in [-0.25, -0.2) is 4.79 Å². The Morgan fingerprint density at radius 1 is 1.16 bits per heavy atom. The summed E-state index contributed by atoms with van der Waals surface area (Å²) in [5.74, 6) is 0. The van der Waals surface area contributed by atoms with Gasteiger partial charge in [0.1, 0.15) is 5.60 Å². The summed E-state index contributed by atoms with van der Waals surface area (Å²) in [6.07, 6.45) is -0.427. The SMILES string of the molecule is CC(C)(C)OC(=O)NCc1ccccc1NCc1ccc(Cl)c(Br)c1. The van der Waals surface area contributed by atoms with Crippen molar-refractivity contribution >= 4 is 39.3 Å². The Labute approximate surface area is 162 Å². The van der Waals surface area contributed by atoms with Crippen LogP contribution in [0.4, 0.5) is 10.5 Å². The Morgan fingerprint density at radius 2 is 1.88 bits per heavy atom. The Bertz CT molecular complexity index is 744. The van der Waals surface area contributed by atoms with Gasteiger partial charge in [0.15, 0.2) is 0 Å². The van der Waals surface area contributed by atoms with Crippen molar-refractivity contribution in [1.29, 1.82) is 0 Å². The molecule has 0 fully saturated rings. The van der Waals surface area contributed by atoms with Crippen LogP contribution in [-0.4, -0.2) is 11.7 Å². The van der Waals surface area contributed by atoms with Crippen molar-refractivity contribution in [2.24, 2.45) is 0 Å². The fourth-order valence-corrected chi connectivity index (χ4v) is 2.72. The van der Waals surface area contributed by atoms with Crippen LogP contribution in [0.1, 0.15) is 31.9 Å². The maximum absolute atomic E-state index is 11.8. The first-order valence-corrected chi connectivity index (χ1v) is 9.14. The van der Waals surface area contributed by atoms with Gasteiger partial charge in [0.05, 0.1) is 5.02 Å². The minimum absolute atomic E-state index is 0.391. The molecule has 0 saturated carbocycles. The van der Waals surface area contributed by atoms with Crippen LogP contribution in [0.15, 0.2) is 46.9 Å². The highest BCUT2D eigenvalue weighted by Crippen LogP contribution is 2.24. The van der Waals surface area contributed by atoms with Crippen molar-refractivity contribution in [3.63, 3.8) is 0 Å². The summed E-state index contributed by atoms with van der Waals surface area (Å²) in [5.41, 5.74) is 2.54. The van der Waals surface area contributed by atoms with E-state index in [4.69, 9.17) is 16.3 Å². The molecule has 0 radical (unpaired) electrons. The van der Waals surface area contributed by atoms with Gasteiger partial charge >= 0.3 is 6.09 Å². The summed E-state index contributed by atoms with van der Waals surface area (Å²) < 4.78 is 6.13. The summed E-state index contributed by atoms with van der Waals surface area (Å²) >= 11 is 9.45. The molecule has 0 heterocycles. The zero-order valence-electron chi connectivity index (χ0n) is 14.5. The Morgan fingerprint density at radius 3 is 2.56 bits per heavy atom. The summed E-state index contributed by atoms with van der Waals surface area (Å²) in [5, 5.41) is 6.86. The van der Waals surface area contributed by atoms with Gasteiger partial charge in [-0.15, -0.1) is 0 Å². The highest BCUT2D eigenvalue weighted by Gasteiger charge is 2.16. The van der Waals surface area contributed by atoms with E-state index in [0.29, 0.717) is 18.1 Å². The monoisotopic (exact) mass is 424 g/mol. The van der Waals surface area contributed by atoms with E-state index in [-0.39, 0.29) is 0 Å². The minimum atomic E-state index is -0.510. The minimum Gasteiger partial charge on any atom is -0.444 e. The van der Waals surface area contributed by atoms with Crippen LogP contribution in [0.25, 0.3) is 0 Å². The van der Waals surface area contributed by atoms with E-state index >= 15 is 0 Å². The predicted octanol–water partition coefficient (Wildman–Crippen LogP) is 5.74. The van der Waals surface area contributed by atoms with E-state index in [2.05, 4.69) is 26.6 Å². The van der Waals surface area contributed by atoms with Gasteiger partial charge in [-0.3, -0.25) is 0 Å². The first-order valence-electron chi connectivity index (χ1n) is 7.97. The molecule has 4 nitrogen and oxygen atoms in total. The molecule has 0 aromatic heterocycles. The fourth-order valence-electron chi connectivity index (χ4n) is 2.18. The molecule has 0 bridgehead atoms. The summed E-state index contributed by atoms with van der Waals surface area (Å²) in [6.45, 7) is 6.56. The number of amides is 1. The van der Waals surface area contributed by atoms with Gasteiger partial charge in [-0.1, -0.05) is 35.9 Å². The van der Waals surface area contributed by atoms with Crippen LogP contribution in [0.2, 0.25) is 5.02 Å². The van der Waals surface area contributed by atoms with Crippen molar-refractivity contribution in [2.45, 2.75) is 39.5 Å². The Balaban J connectivity index is 1.98. The third-order valence-electron chi connectivity index (χ3n) is 3.31. The van der Waals surface area contributed by atoms with Crippen molar-refractivity contribution in [1.82, 2.24) is 5.32 Å². The lowest BCUT2D eigenvalue weighted by Crippen LogP contribution is -2.32. The molecule has 0 aliphatic rings. The lowest BCUT2D eigenvalue weighted by molar-refractivity contribution is 0.0523. The topological polar surface area (TPSA) is 50.4 Å². The highest BCUT2D eigenvalue weighted by molar-refractivity contribution is 9.10. The molecule has 0 aliphatic carbocycles. The maximum Gasteiger partial charge on any atom is 0.407 e. The van der Waals surface area contributed by atoms with Gasteiger partial charge < -0.3 is 15.4 Å². The number of hydrogen-bond acceptors (Lipinski definition) is 3. The first kappa shape index (κ1) is 19.6. The number of halogens is 2. The quantitative estimate of drug-likeness (QED) is 0.642. The molecular formula is C19H22BrClN2O2. The number of para-hydroxylation sites is 1. The fraction of sp³-hybridized carbons (Fsp3) is 0.316. The second kappa shape index (κ2) is 8.59. The molecule has 1 amide bonds. The Kier molecular flexibility index (Phi) is 6.73. The molecule has 0 atom stereocenters. The van der Waals surface area contributed by atoms with Crippen molar-refractivity contribution in [3.8, 4) is 0 Å². The van der Waals surface area contributed by atoms with Crippen molar-refractivity contribution < 1.29 is 9.53 Å². The molecule has 2 aromatic carbocycles. The lowest BCUT2D eigenvalue weighted by Gasteiger charge is -2.20. The van der Waals surface area contributed by atoms with Crippen LogP contribution in [0, 0.1) is 0 Å². The van der Waals surface area contributed by atoms with Gasteiger partial charge in [0.25, 0.3) is 0 Å². The number of nitrogens with one attached hydrogen (secondary N) is 2. The summed E-state index contributed by atoms with van der Waals surface area (Å²) in [7, 11) is 0. The number of hydrogen-bond donors (Lipinski definition) is 2. The first-order chi connectivity index (χ1) is 11.7. The molecule has 2 N–H and O–H groups in total. The summed E-state index contributed by atoms with van der Waals surface area (Å²) in [4.78, 5) is 11.8. The van der Waals surface area contributed by atoms with Crippen molar-refractivity contribution in [3.05, 3.63) is 63.1 Å². The van der Waals surface area contributed by atoms with E-state index in [1.807, 2.05) is 63.2 Å². The number of carbonyl (C=O) groups excluding carboxylic acids is 1. The number of ether oxygens (including phenoxy) is 1. The molecule has 25 heavy (non-hydrogen) atoms. The van der Waals surface area contributed by atoms with Gasteiger partial charge in [0.2, 0.25) is 0 Å². The van der Waals surface area contributed by atoms with Gasteiger partial charge in [-0.2, -0.15) is 0 Å². The standard InChI is InChI=1S/C19H22BrClN2O2/c1-19(2,3)25-18(24)23-12-14-6-4-5-7-17(14)22-11-13-8-9-16(21)15(20)10-13/h4-10,22H,11-12H2,1-3H3,(H,23,24). The lowest BCUT2D eigenvalue weighted by atomic mass is 10.1. The Hall–Kier alpha value is -1.72. The second-order valence-electron chi connectivity index (χ2n) is 6.61. The van der Waals surface area contributed by atoms with E-state index in [0.717, 1.165) is 21.3 Å². The van der Waals surface area contributed by atoms with Crippen LogP contribution in [0.5, 0.6) is 0 Å². The smallest absolute Gasteiger partial charge is 0.407 e. The number of anilines is 1. The third kappa shape index (κ3) is 6.59. The van der Waals surface area contributed by atoms with Crippen LogP contribution < -0.4 is 10.6 Å². The average Bonchev–Trinajstić information content (AvgIpc) is 2.53. The molecule has 0 aliphatic heterocycles. The summed E-state index contributed by atoms with van der Waals surface area (Å²) in [6, 6.07) is 13.7. The molecule has 0 unspecified atom stereocenters. The highest BCUT2D eigenvalue weighted by atomic mass is 79.9.